The Morgan fingerprint density at radius 3 is 2.53 bits per heavy atom. The van der Waals surface area contributed by atoms with E-state index in [0.29, 0.717) is 11.1 Å². The summed E-state index contributed by atoms with van der Waals surface area (Å²) in [6.07, 6.45) is 0. The van der Waals surface area contributed by atoms with Crippen LogP contribution in [0.25, 0.3) is 0 Å². The second-order valence-corrected chi connectivity index (χ2v) is 3.08. The van der Waals surface area contributed by atoms with E-state index in [1.54, 1.807) is 6.92 Å². The quantitative estimate of drug-likeness (QED) is 0.622. The van der Waals surface area contributed by atoms with Gasteiger partial charge in [0, 0.05) is 5.56 Å². The van der Waals surface area contributed by atoms with E-state index in [9.17, 15) is 13.6 Å². The summed E-state index contributed by atoms with van der Waals surface area (Å²) in [5.74, 6) is -0.268. The molecule has 2 N–H and O–H groups in total. The summed E-state index contributed by atoms with van der Waals surface area (Å²) in [6.45, 7) is 0.0506. The van der Waals surface area contributed by atoms with Crippen molar-refractivity contribution in [3.63, 3.8) is 0 Å². The lowest BCUT2D eigenvalue weighted by Crippen LogP contribution is -2.07. The van der Waals surface area contributed by atoms with Crippen molar-refractivity contribution < 1.29 is 18.3 Å². The van der Waals surface area contributed by atoms with E-state index >= 15 is 0 Å². The molecule has 0 amide bonds. The van der Waals surface area contributed by atoms with Crippen molar-refractivity contribution in [2.75, 3.05) is 5.73 Å². The van der Waals surface area contributed by atoms with Crippen LogP contribution < -0.4 is 10.5 Å². The Bertz CT molecular complexity index is 391. The number of carbonyl (C=O) groups excluding carboxylic acids is 1. The van der Waals surface area contributed by atoms with Crippen molar-refractivity contribution in [1.82, 2.24) is 0 Å². The summed E-state index contributed by atoms with van der Waals surface area (Å²) in [7, 11) is 0. The van der Waals surface area contributed by atoms with Crippen LogP contribution in [0.5, 0.6) is 5.75 Å². The summed E-state index contributed by atoms with van der Waals surface area (Å²) >= 11 is 0. The van der Waals surface area contributed by atoms with Crippen molar-refractivity contribution in [2.24, 2.45) is 0 Å². The number of anilines is 1. The van der Waals surface area contributed by atoms with Crippen molar-refractivity contribution in [1.29, 1.82) is 0 Å². The number of alkyl halides is 2. The number of benzene rings is 1. The molecular formula is C10H11F2NO2. The van der Waals surface area contributed by atoms with Gasteiger partial charge in [-0.25, -0.2) is 0 Å². The first-order chi connectivity index (χ1) is 6.93. The maximum atomic E-state index is 11.9. The van der Waals surface area contributed by atoms with E-state index in [4.69, 9.17) is 5.73 Å². The Hall–Kier alpha value is -1.65. The van der Waals surface area contributed by atoms with Gasteiger partial charge < -0.3 is 10.5 Å². The van der Waals surface area contributed by atoms with Crippen molar-refractivity contribution in [3.05, 3.63) is 23.3 Å². The van der Waals surface area contributed by atoms with E-state index in [2.05, 4.69) is 4.74 Å². The Labute approximate surface area is 85.8 Å². The van der Waals surface area contributed by atoms with Gasteiger partial charge in [-0.2, -0.15) is 8.78 Å². The van der Waals surface area contributed by atoms with Crippen LogP contribution in [-0.4, -0.2) is 12.4 Å². The molecule has 0 aliphatic heterocycles. The third kappa shape index (κ3) is 2.43. The van der Waals surface area contributed by atoms with Gasteiger partial charge in [0.15, 0.2) is 5.78 Å². The van der Waals surface area contributed by atoms with Crippen LogP contribution in [0.4, 0.5) is 14.5 Å². The zero-order chi connectivity index (χ0) is 11.6. The molecule has 1 aromatic carbocycles. The first kappa shape index (κ1) is 11.4. The second kappa shape index (κ2) is 4.25. The average Bonchev–Trinajstić information content (AvgIpc) is 2.12. The minimum absolute atomic E-state index is 0.0722. The highest BCUT2D eigenvalue weighted by Gasteiger charge is 2.13. The zero-order valence-corrected chi connectivity index (χ0v) is 8.38. The van der Waals surface area contributed by atoms with Crippen LogP contribution in [-0.2, 0) is 0 Å². The molecule has 0 radical (unpaired) electrons. The minimum Gasteiger partial charge on any atom is -0.433 e. The number of carbonyl (C=O) groups is 1. The third-order valence-electron chi connectivity index (χ3n) is 2.07. The first-order valence-corrected chi connectivity index (χ1v) is 4.28. The van der Waals surface area contributed by atoms with Gasteiger partial charge in [0.05, 0.1) is 5.69 Å². The predicted octanol–water partition coefficient (Wildman–Crippen LogP) is 2.38. The smallest absolute Gasteiger partial charge is 0.387 e. The van der Waals surface area contributed by atoms with Crippen LogP contribution in [0, 0.1) is 6.92 Å². The van der Waals surface area contributed by atoms with Gasteiger partial charge in [0.25, 0.3) is 0 Å². The SMILES string of the molecule is CC(=O)c1ccc(OC(F)F)c(N)c1C. The average molecular weight is 215 g/mol. The fourth-order valence-corrected chi connectivity index (χ4v) is 1.28. The number of nitrogens with two attached hydrogens (primary N) is 1. The number of nitrogen functional groups attached to an aromatic ring is 1. The molecule has 0 bridgehead atoms. The summed E-state index contributed by atoms with van der Waals surface area (Å²) < 4.78 is 28.1. The van der Waals surface area contributed by atoms with Crippen LogP contribution in [0.2, 0.25) is 0 Å². The van der Waals surface area contributed by atoms with E-state index in [1.807, 2.05) is 0 Å². The molecule has 82 valence electrons. The highest BCUT2D eigenvalue weighted by atomic mass is 19.3. The molecule has 0 unspecified atom stereocenters. The summed E-state index contributed by atoms with van der Waals surface area (Å²) in [5, 5.41) is 0. The number of ether oxygens (including phenoxy) is 1. The van der Waals surface area contributed by atoms with E-state index in [1.165, 1.54) is 19.1 Å². The van der Waals surface area contributed by atoms with E-state index in [0.717, 1.165) is 0 Å². The standard InChI is InChI=1S/C10H11F2NO2/c1-5-7(6(2)14)3-4-8(9(5)13)15-10(11)12/h3-4,10H,13H2,1-2H3. The largest absolute Gasteiger partial charge is 0.433 e. The van der Waals surface area contributed by atoms with Gasteiger partial charge in [-0.1, -0.05) is 0 Å². The van der Waals surface area contributed by atoms with Gasteiger partial charge in [0.1, 0.15) is 5.75 Å². The highest BCUT2D eigenvalue weighted by molar-refractivity contribution is 5.97. The molecule has 0 saturated carbocycles. The van der Waals surface area contributed by atoms with Crippen LogP contribution in [0.15, 0.2) is 12.1 Å². The lowest BCUT2D eigenvalue weighted by atomic mass is 10.0. The first-order valence-electron chi connectivity index (χ1n) is 4.28. The number of ketones is 1. The van der Waals surface area contributed by atoms with Crippen LogP contribution >= 0.6 is 0 Å². The molecule has 0 aliphatic rings. The Morgan fingerprint density at radius 1 is 1.47 bits per heavy atom. The number of Topliss-reactive ketones (excluding diaryl/α,β-unsaturated/α-hetero) is 1. The second-order valence-electron chi connectivity index (χ2n) is 3.08. The summed E-state index contributed by atoms with van der Waals surface area (Å²) in [6, 6.07) is 2.69. The molecule has 0 atom stereocenters. The number of hydrogen-bond acceptors (Lipinski definition) is 3. The fourth-order valence-electron chi connectivity index (χ4n) is 1.28. The zero-order valence-electron chi connectivity index (χ0n) is 8.38. The third-order valence-corrected chi connectivity index (χ3v) is 2.07. The topological polar surface area (TPSA) is 52.3 Å². The van der Waals surface area contributed by atoms with Gasteiger partial charge in [-0.3, -0.25) is 4.79 Å². The number of halogens is 2. The molecule has 15 heavy (non-hydrogen) atoms. The van der Waals surface area contributed by atoms with Crippen LogP contribution in [0.3, 0.4) is 0 Å². The lowest BCUT2D eigenvalue weighted by Gasteiger charge is -2.11. The summed E-state index contributed by atoms with van der Waals surface area (Å²) in [4.78, 5) is 11.1. The molecule has 0 saturated heterocycles. The fraction of sp³-hybridized carbons (Fsp3) is 0.300. The lowest BCUT2D eigenvalue weighted by molar-refractivity contribution is -0.0493. The van der Waals surface area contributed by atoms with Crippen molar-refractivity contribution >= 4 is 11.5 Å². The molecular weight excluding hydrogens is 204 g/mol. The molecule has 3 nitrogen and oxygen atoms in total. The highest BCUT2D eigenvalue weighted by Crippen LogP contribution is 2.29. The monoisotopic (exact) mass is 215 g/mol. The maximum absolute atomic E-state index is 11.9. The van der Waals surface area contributed by atoms with E-state index in [-0.39, 0.29) is 17.2 Å². The molecule has 0 heterocycles. The molecule has 0 spiro atoms. The number of hydrogen-bond donors (Lipinski definition) is 1. The van der Waals surface area contributed by atoms with Crippen LogP contribution in [0.1, 0.15) is 22.8 Å². The van der Waals surface area contributed by atoms with Gasteiger partial charge in [0.2, 0.25) is 0 Å². The number of rotatable bonds is 3. The Kier molecular flexibility index (Phi) is 3.24. The normalized spacial score (nSPS) is 10.5. The molecule has 0 aliphatic carbocycles. The van der Waals surface area contributed by atoms with Gasteiger partial charge >= 0.3 is 6.61 Å². The molecule has 0 aromatic heterocycles. The van der Waals surface area contributed by atoms with E-state index < -0.39 is 6.61 Å². The predicted molar refractivity (Wildman–Crippen MR) is 52.2 cm³/mol. The van der Waals surface area contributed by atoms with Crippen molar-refractivity contribution in [3.8, 4) is 5.75 Å². The maximum Gasteiger partial charge on any atom is 0.387 e. The van der Waals surface area contributed by atoms with Gasteiger partial charge in [-0.15, -0.1) is 0 Å². The summed E-state index contributed by atoms with van der Waals surface area (Å²) in [5.41, 5.74) is 6.50. The van der Waals surface area contributed by atoms with Crippen molar-refractivity contribution in [2.45, 2.75) is 20.5 Å². The van der Waals surface area contributed by atoms with Gasteiger partial charge in [-0.05, 0) is 31.5 Å². The molecule has 1 rings (SSSR count). The minimum atomic E-state index is -2.92. The Balaban J connectivity index is 3.15. The molecule has 0 fully saturated rings. The Morgan fingerprint density at radius 2 is 2.07 bits per heavy atom. The molecule has 5 heteroatoms. The molecule has 1 aromatic rings.